The van der Waals surface area contributed by atoms with Crippen molar-refractivity contribution in [3.8, 4) is 0 Å². The van der Waals surface area contributed by atoms with Gasteiger partial charge in [0.05, 0.1) is 0 Å². The van der Waals surface area contributed by atoms with Crippen LogP contribution in [-0.2, 0) is 11.3 Å². The average molecular weight is 430 g/mol. The minimum absolute atomic E-state index is 0.163. The second kappa shape index (κ2) is 8.96. The van der Waals surface area contributed by atoms with E-state index in [0.29, 0.717) is 17.9 Å². The van der Waals surface area contributed by atoms with E-state index in [2.05, 4.69) is 39.4 Å². The summed E-state index contributed by atoms with van der Waals surface area (Å²) in [5.74, 6) is 1.63. The Bertz CT molecular complexity index is 1170. The third-order valence-electron chi connectivity index (χ3n) is 6.15. The summed E-state index contributed by atoms with van der Waals surface area (Å²) in [6.45, 7) is 4.11. The molecule has 2 aliphatic rings. The van der Waals surface area contributed by atoms with E-state index in [1.807, 2.05) is 41.3 Å². The fourth-order valence-corrected chi connectivity index (χ4v) is 4.15. The molecular weight excluding hydrogens is 402 g/mol. The highest BCUT2D eigenvalue weighted by molar-refractivity contribution is 5.95. The molecule has 2 aromatic heterocycles. The topological polar surface area (TPSA) is 74.5 Å². The molecule has 1 fully saturated rings. The van der Waals surface area contributed by atoms with Gasteiger partial charge >= 0.3 is 0 Å². The van der Waals surface area contributed by atoms with Crippen molar-refractivity contribution in [2.24, 2.45) is 0 Å². The summed E-state index contributed by atoms with van der Waals surface area (Å²) in [5, 5.41) is 3.35. The average Bonchev–Trinajstić information content (AvgIpc) is 3.29. The summed E-state index contributed by atoms with van der Waals surface area (Å²) in [4.78, 5) is 25.8. The van der Waals surface area contributed by atoms with Crippen molar-refractivity contribution in [2.45, 2.75) is 19.4 Å². The Labute approximate surface area is 187 Å². The molecule has 5 rings (SSSR count). The summed E-state index contributed by atoms with van der Waals surface area (Å²) in [6, 6.07) is 12.1. The zero-order valence-electron chi connectivity index (χ0n) is 18.3. The van der Waals surface area contributed by atoms with E-state index in [1.54, 1.807) is 6.33 Å². The molecule has 3 aromatic rings. The Kier molecular flexibility index (Phi) is 5.73. The van der Waals surface area contributed by atoms with Gasteiger partial charge in [0.2, 0.25) is 5.91 Å². The van der Waals surface area contributed by atoms with Crippen LogP contribution in [0.3, 0.4) is 0 Å². The van der Waals surface area contributed by atoms with Gasteiger partial charge in [0.1, 0.15) is 17.6 Å². The molecule has 3 heterocycles. The highest BCUT2D eigenvalue weighted by Crippen LogP contribution is 2.33. The maximum atomic E-state index is 12.8. The molecule has 1 aromatic carbocycles. The van der Waals surface area contributed by atoms with Gasteiger partial charge in [0, 0.05) is 44.4 Å². The van der Waals surface area contributed by atoms with Crippen LogP contribution in [-0.4, -0.2) is 58.9 Å². The summed E-state index contributed by atoms with van der Waals surface area (Å²) in [6.07, 6.45) is 7.00. The molecule has 164 valence electrons. The number of nitrogens with one attached hydrogen (secondary N) is 1. The van der Waals surface area contributed by atoms with Gasteiger partial charge in [-0.05, 0) is 31.0 Å². The highest BCUT2D eigenvalue weighted by Gasteiger charge is 2.24. The molecule has 32 heavy (non-hydrogen) atoms. The lowest BCUT2D eigenvalue weighted by Gasteiger charge is -2.33. The largest absolute Gasteiger partial charge is 0.451 e. The van der Waals surface area contributed by atoms with Crippen molar-refractivity contribution in [2.75, 3.05) is 38.5 Å². The number of amides is 1. The van der Waals surface area contributed by atoms with Crippen LogP contribution >= 0.6 is 0 Å². The van der Waals surface area contributed by atoms with Gasteiger partial charge in [0.15, 0.2) is 11.4 Å². The van der Waals surface area contributed by atoms with Crippen molar-refractivity contribution in [1.29, 1.82) is 0 Å². The predicted octanol–water partition coefficient (Wildman–Crippen LogP) is 3.71. The van der Waals surface area contributed by atoms with Gasteiger partial charge in [-0.3, -0.25) is 4.79 Å². The number of carbonyl (C=O) groups is 1. The van der Waals surface area contributed by atoms with E-state index in [0.717, 1.165) is 61.4 Å². The summed E-state index contributed by atoms with van der Waals surface area (Å²) in [5.41, 5.74) is 4.55. The van der Waals surface area contributed by atoms with Crippen molar-refractivity contribution in [3.63, 3.8) is 0 Å². The minimum Gasteiger partial charge on any atom is -0.451 e. The van der Waals surface area contributed by atoms with Gasteiger partial charge in [-0.15, -0.1) is 0 Å². The number of anilines is 1. The van der Waals surface area contributed by atoms with Crippen LogP contribution in [0.2, 0.25) is 0 Å². The van der Waals surface area contributed by atoms with Crippen LogP contribution in [0.5, 0.6) is 0 Å². The van der Waals surface area contributed by atoms with Crippen LogP contribution in [0.25, 0.3) is 16.7 Å². The van der Waals surface area contributed by atoms with Crippen LogP contribution in [0, 0.1) is 0 Å². The standard InChI is InChI=1S/C25H27N5O2/c1-29-11-13-30(14-12-29)25(31)20-9-7-19(8-10-20)22-15-21-23(32-22)24(28-17-27-21)26-16-18-5-3-2-4-6-18/h2-7,9,15,17H,8,10-14,16H2,1H3,(H,26,27,28). The molecule has 0 unspecified atom stereocenters. The normalized spacial score (nSPS) is 17.2. The first kappa shape index (κ1) is 20.5. The molecule has 0 bridgehead atoms. The monoisotopic (exact) mass is 429 g/mol. The van der Waals surface area contributed by atoms with Crippen molar-refractivity contribution < 1.29 is 9.21 Å². The first-order chi connectivity index (χ1) is 15.7. The number of rotatable bonds is 5. The first-order valence-corrected chi connectivity index (χ1v) is 11.1. The minimum atomic E-state index is 0.163. The van der Waals surface area contributed by atoms with Crippen LogP contribution in [0.4, 0.5) is 5.82 Å². The molecule has 0 saturated carbocycles. The first-order valence-electron chi connectivity index (χ1n) is 11.1. The molecule has 0 atom stereocenters. The Balaban J connectivity index is 1.32. The van der Waals surface area contributed by atoms with E-state index < -0.39 is 0 Å². The quantitative estimate of drug-likeness (QED) is 0.666. The number of carbonyl (C=O) groups excluding carboxylic acids is 1. The van der Waals surface area contributed by atoms with Crippen molar-refractivity contribution in [3.05, 3.63) is 71.8 Å². The van der Waals surface area contributed by atoms with Gasteiger partial charge in [-0.2, -0.15) is 0 Å². The molecule has 7 heteroatoms. The molecule has 0 radical (unpaired) electrons. The molecule has 0 spiro atoms. The van der Waals surface area contributed by atoms with E-state index in [9.17, 15) is 4.79 Å². The van der Waals surface area contributed by atoms with E-state index in [-0.39, 0.29) is 5.91 Å². The number of likely N-dealkylation sites (N-methyl/N-ethyl adjacent to an activating group) is 1. The van der Waals surface area contributed by atoms with Gasteiger partial charge in [0.25, 0.3) is 0 Å². The van der Waals surface area contributed by atoms with Gasteiger partial charge < -0.3 is 19.5 Å². The number of furan rings is 1. The number of fused-ring (bicyclic) bond motifs is 1. The number of aromatic nitrogens is 2. The molecule has 1 N–H and O–H groups in total. The zero-order valence-corrected chi connectivity index (χ0v) is 18.3. The Morgan fingerprint density at radius 3 is 2.62 bits per heavy atom. The lowest BCUT2D eigenvalue weighted by Crippen LogP contribution is -2.47. The molecule has 7 nitrogen and oxygen atoms in total. The zero-order chi connectivity index (χ0) is 21.9. The molecular formula is C25H27N5O2. The number of benzene rings is 1. The third-order valence-corrected chi connectivity index (χ3v) is 6.15. The number of hydrogen-bond acceptors (Lipinski definition) is 6. The Morgan fingerprint density at radius 1 is 1.06 bits per heavy atom. The molecule has 1 aliphatic heterocycles. The highest BCUT2D eigenvalue weighted by atomic mass is 16.3. The predicted molar refractivity (Wildman–Crippen MR) is 125 cm³/mol. The Hall–Kier alpha value is -3.45. The molecule has 1 amide bonds. The third kappa shape index (κ3) is 4.29. The fraction of sp³-hybridized carbons (Fsp3) is 0.320. The second-order valence-corrected chi connectivity index (χ2v) is 8.37. The number of allylic oxidation sites excluding steroid dienone is 3. The van der Waals surface area contributed by atoms with Gasteiger partial charge in [-0.25, -0.2) is 9.97 Å². The molecule has 1 saturated heterocycles. The van der Waals surface area contributed by atoms with E-state index >= 15 is 0 Å². The van der Waals surface area contributed by atoms with Crippen LogP contribution < -0.4 is 5.32 Å². The molecule has 1 aliphatic carbocycles. The maximum Gasteiger partial charge on any atom is 0.249 e. The Morgan fingerprint density at radius 2 is 1.88 bits per heavy atom. The number of piperazine rings is 1. The smallest absolute Gasteiger partial charge is 0.249 e. The van der Waals surface area contributed by atoms with Crippen molar-refractivity contribution in [1.82, 2.24) is 19.8 Å². The second-order valence-electron chi connectivity index (χ2n) is 8.37. The fourth-order valence-electron chi connectivity index (χ4n) is 4.15. The maximum absolute atomic E-state index is 12.8. The summed E-state index contributed by atoms with van der Waals surface area (Å²) in [7, 11) is 2.09. The van der Waals surface area contributed by atoms with Gasteiger partial charge in [-0.1, -0.05) is 42.5 Å². The van der Waals surface area contributed by atoms with Crippen molar-refractivity contribution >= 4 is 28.4 Å². The van der Waals surface area contributed by atoms with Crippen LogP contribution in [0.1, 0.15) is 24.2 Å². The summed E-state index contributed by atoms with van der Waals surface area (Å²) < 4.78 is 6.17. The van der Waals surface area contributed by atoms with E-state index in [4.69, 9.17) is 4.42 Å². The number of hydrogen-bond donors (Lipinski definition) is 1. The van der Waals surface area contributed by atoms with E-state index in [1.165, 1.54) is 5.56 Å². The lowest BCUT2D eigenvalue weighted by atomic mass is 9.96. The number of nitrogens with zero attached hydrogens (tertiary/aromatic N) is 4. The SMILES string of the molecule is CN1CCN(C(=O)C2=CC=C(c3cc4ncnc(NCc5ccccc5)c4o3)CC2)CC1. The summed E-state index contributed by atoms with van der Waals surface area (Å²) >= 11 is 0. The van der Waals surface area contributed by atoms with Crippen LogP contribution in [0.15, 0.2) is 64.9 Å². The lowest BCUT2D eigenvalue weighted by molar-refractivity contribution is -0.128.